The van der Waals surface area contributed by atoms with Crippen molar-refractivity contribution in [1.82, 2.24) is 4.98 Å². The second kappa shape index (κ2) is 7.35. The fraction of sp³-hybridized carbons (Fsp3) is 0.235. The summed E-state index contributed by atoms with van der Waals surface area (Å²) in [6.45, 7) is 5.49. The largest absolute Gasteiger partial charge is 0.423 e. The van der Waals surface area contributed by atoms with Gasteiger partial charge >= 0.3 is 5.63 Å². The molecule has 1 atom stereocenters. The highest BCUT2D eigenvalue weighted by Gasteiger charge is 2.15. The monoisotopic (exact) mass is 379 g/mol. The van der Waals surface area contributed by atoms with E-state index in [0.717, 1.165) is 16.5 Å². The molecule has 0 fully saturated rings. The highest BCUT2D eigenvalue weighted by molar-refractivity contribution is 7.09. The summed E-state index contributed by atoms with van der Waals surface area (Å²) in [7, 11) is 0. The van der Waals surface area contributed by atoms with Crippen LogP contribution in [-0.4, -0.2) is 10.9 Å². The van der Waals surface area contributed by atoms with Crippen LogP contribution in [0.25, 0.3) is 11.0 Å². The van der Waals surface area contributed by atoms with Gasteiger partial charge in [-0.3, -0.25) is 4.79 Å². The molecule has 25 heavy (non-hydrogen) atoms. The molecule has 0 unspecified atom stereocenters. The first-order valence-electron chi connectivity index (χ1n) is 7.42. The number of hydrogen-bond donors (Lipinski definition) is 2. The number of halogens is 1. The van der Waals surface area contributed by atoms with Crippen LogP contribution in [0, 0.1) is 13.8 Å². The molecule has 1 aromatic carbocycles. The first kappa shape index (κ1) is 19.1. The van der Waals surface area contributed by atoms with E-state index in [2.05, 4.69) is 10.3 Å². The molecular formula is C17H18ClN3O3S. The maximum absolute atomic E-state index is 12.4. The van der Waals surface area contributed by atoms with Crippen LogP contribution in [0.15, 0.2) is 32.8 Å². The van der Waals surface area contributed by atoms with Crippen molar-refractivity contribution in [3.8, 4) is 0 Å². The third kappa shape index (κ3) is 3.89. The van der Waals surface area contributed by atoms with Gasteiger partial charge in [-0.25, -0.2) is 9.78 Å². The Morgan fingerprint density at radius 2 is 2.00 bits per heavy atom. The van der Waals surface area contributed by atoms with Crippen molar-refractivity contribution >= 4 is 46.3 Å². The van der Waals surface area contributed by atoms with Crippen LogP contribution < -0.4 is 16.7 Å². The van der Waals surface area contributed by atoms with Crippen LogP contribution >= 0.6 is 23.7 Å². The van der Waals surface area contributed by atoms with Crippen molar-refractivity contribution in [2.75, 3.05) is 5.32 Å². The normalized spacial score (nSPS) is 11.8. The molecule has 2 heterocycles. The second-order valence-electron chi connectivity index (χ2n) is 5.73. The molecule has 3 rings (SSSR count). The Kier molecular flexibility index (Phi) is 5.62. The minimum atomic E-state index is -0.387. The fourth-order valence-corrected chi connectivity index (χ4v) is 3.15. The zero-order valence-electron chi connectivity index (χ0n) is 14.0. The summed E-state index contributed by atoms with van der Waals surface area (Å²) in [5, 5.41) is 6.04. The van der Waals surface area contributed by atoms with Gasteiger partial charge in [-0.2, -0.15) is 0 Å². The lowest BCUT2D eigenvalue weighted by molar-refractivity contribution is 0.102. The molecule has 0 radical (unpaired) electrons. The molecule has 132 valence electrons. The first-order valence-corrected chi connectivity index (χ1v) is 8.30. The number of amides is 1. The first-order chi connectivity index (χ1) is 11.3. The SMILES string of the molecule is Cc1cc2oc(=O)cc(C)c2cc1NC(=O)c1csc([C@H](C)N)n1.Cl. The summed E-state index contributed by atoms with van der Waals surface area (Å²) in [5.41, 5.74) is 8.47. The smallest absolute Gasteiger partial charge is 0.336 e. The molecule has 3 aromatic rings. The van der Waals surface area contributed by atoms with Gasteiger partial charge in [-0.15, -0.1) is 23.7 Å². The Balaban J connectivity index is 0.00000225. The molecular weight excluding hydrogens is 362 g/mol. The van der Waals surface area contributed by atoms with Gasteiger partial charge in [0.1, 0.15) is 16.3 Å². The van der Waals surface area contributed by atoms with E-state index in [1.54, 1.807) is 17.5 Å². The maximum atomic E-state index is 12.4. The van der Waals surface area contributed by atoms with Crippen LogP contribution in [0.5, 0.6) is 0 Å². The molecule has 0 saturated heterocycles. The molecule has 0 aliphatic carbocycles. The molecule has 0 spiro atoms. The Hall–Kier alpha value is -2.22. The van der Waals surface area contributed by atoms with Crippen molar-refractivity contribution < 1.29 is 9.21 Å². The molecule has 3 N–H and O–H groups in total. The standard InChI is InChI=1S/C17H17N3O3S.ClH/c1-8-5-15(21)23-14-4-9(2)12(6-11(8)14)19-16(22)13-7-24-17(20-13)10(3)18;/h4-7,10H,18H2,1-3H3,(H,19,22);1H/t10-;/m0./s1. The Morgan fingerprint density at radius 1 is 1.28 bits per heavy atom. The molecule has 0 aliphatic rings. The summed E-state index contributed by atoms with van der Waals surface area (Å²) < 4.78 is 5.20. The summed E-state index contributed by atoms with van der Waals surface area (Å²) >= 11 is 1.36. The summed E-state index contributed by atoms with van der Waals surface area (Å²) in [4.78, 5) is 28.1. The lowest BCUT2D eigenvalue weighted by Crippen LogP contribution is -2.14. The lowest BCUT2D eigenvalue weighted by atomic mass is 10.1. The van der Waals surface area contributed by atoms with Crippen molar-refractivity contribution in [3.63, 3.8) is 0 Å². The number of fused-ring (bicyclic) bond motifs is 1. The molecule has 0 aliphatic heterocycles. The minimum Gasteiger partial charge on any atom is -0.423 e. The zero-order chi connectivity index (χ0) is 17.4. The summed E-state index contributed by atoms with van der Waals surface area (Å²) in [6.07, 6.45) is 0. The maximum Gasteiger partial charge on any atom is 0.336 e. The quantitative estimate of drug-likeness (QED) is 0.678. The number of aryl methyl sites for hydroxylation is 2. The molecule has 0 saturated carbocycles. The molecule has 6 nitrogen and oxygen atoms in total. The van der Waals surface area contributed by atoms with Gasteiger partial charge in [0.15, 0.2) is 0 Å². The number of aromatic nitrogens is 1. The van der Waals surface area contributed by atoms with Gasteiger partial charge in [0.2, 0.25) is 0 Å². The van der Waals surface area contributed by atoms with E-state index in [4.69, 9.17) is 10.2 Å². The average molecular weight is 380 g/mol. The second-order valence-corrected chi connectivity index (χ2v) is 6.62. The van der Waals surface area contributed by atoms with Gasteiger partial charge in [-0.1, -0.05) is 0 Å². The van der Waals surface area contributed by atoms with E-state index < -0.39 is 0 Å². The highest BCUT2D eigenvalue weighted by Crippen LogP contribution is 2.26. The van der Waals surface area contributed by atoms with Gasteiger partial charge in [0, 0.05) is 22.5 Å². The van der Waals surface area contributed by atoms with E-state index in [1.807, 2.05) is 20.8 Å². The van der Waals surface area contributed by atoms with Gasteiger partial charge in [-0.05, 0) is 44.0 Å². The zero-order valence-corrected chi connectivity index (χ0v) is 15.6. The predicted molar refractivity (Wildman–Crippen MR) is 102 cm³/mol. The van der Waals surface area contributed by atoms with Gasteiger partial charge < -0.3 is 15.5 Å². The minimum absolute atomic E-state index is 0. The van der Waals surface area contributed by atoms with Gasteiger partial charge in [0.05, 0.1) is 6.04 Å². The van der Waals surface area contributed by atoms with Crippen molar-refractivity contribution in [2.45, 2.75) is 26.8 Å². The number of carbonyl (C=O) groups is 1. The summed E-state index contributed by atoms with van der Waals surface area (Å²) in [6, 6.07) is 4.77. The number of nitrogens with zero attached hydrogens (tertiary/aromatic N) is 1. The number of rotatable bonds is 3. The van der Waals surface area contributed by atoms with Crippen molar-refractivity contribution in [1.29, 1.82) is 0 Å². The van der Waals surface area contributed by atoms with E-state index in [9.17, 15) is 9.59 Å². The number of hydrogen-bond acceptors (Lipinski definition) is 6. The molecule has 2 aromatic heterocycles. The highest BCUT2D eigenvalue weighted by atomic mass is 35.5. The van der Waals surface area contributed by atoms with E-state index in [1.165, 1.54) is 17.4 Å². The topological polar surface area (TPSA) is 98.2 Å². The average Bonchev–Trinajstić information content (AvgIpc) is 2.98. The van der Waals surface area contributed by atoms with Crippen LogP contribution in [0.1, 0.15) is 39.6 Å². The van der Waals surface area contributed by atoms with Crippen LogP contribution in [-0.2, 0) is 0 Å². The predicted octanol–water partition coefficient (Wildman–Crippen LogP) is 3.56. The Labute approximate surface area is 154 Å². The molecule has 8 heteroatoms. The number of anilines is 1. The van der Waals surface area contributed by atoms with Gasteiger partial charge in [0.25, 0.3) is 5.91 Å². The number of thiazole rings is 1. The van der Waals surface area contributed by atoms with Crippen molar-refractivity contribution in [2.24, 2.45) is 5.73 Å². The Morgan fingerprint density at radius 3 is 2.64 bits per heavy atom. The summed E-state index contributed by atoms with van der Waals surface area (Å²) in [5.74, 6) is -0.296. The number of nitrogens with two attached hydrogens (primary N) is 1. The Bertz CT molecular complexity index is 994. The van der Waals surface area contributed by atoms with E-state index >= 15 is 0 Å². The third-order valence-electron chi connectivity index (χ3n) is 3.69. The lowest BCUT2D eigenvalue weighted by Gasteiger charge is -2.10. The third-order valence-corrected chi connectivity index (χ3v) is 4.73. The van der Waals surface area contributed by atoms with E-state index in [0.29, 0.717) is 22.0 Å². The molecule has 1 amide bonds. The van der Waals surface area contributed by atoms with E-state index in [-0.39, 0.29) is 30.0 Å². The van der Waals surface area contributed by atoms with Crippen LogP contribution in [0.3, 0.4) is 0 Å². The number of nitrogens with one attached hydrogen (secondary N) is 1. The van der Waals surface area contributed by atoms with Crippen LogP contribution in [0.2, 0.25) is 0 Å². The fourth-order valence-electron chi connectivity index (χ4n) is 2.39. The number of carbonyl (C=O) groups excluding carboxylic acids is 1. The van der Waals surface area contributed by atoms with Crippen molar-refractivity contribution in [3.05, 3.63) is 55.8 Å². The molecule has 0 bridgehead atoms. The number of benzene rings is 1. The van der Waals surface area contributed by atoms with Crippen LogP contribution in [0.4, 0.5) is 5.69 Å².